The van der Waals surface area contributed by atoms with Gasteiger partial charge in [-0.1, -0.05) is 41.9 Å². The normalized spacial score (nSPS) is 16.0. The first-order chi connectivity index (χ1) is 13.1. The lowest BCUT2D eigenvalue weighted by Gasteiger charge is -2.24. The molecule has 2 aromatic carbocycles. The van der Waals surface area contributed by atoms with E-state index in [0.717, 1.165) is 36.6 Å². The van der Waals surface area contributed by atoms with Crippen LogP contribution >= 0.6 is 11.6 Å². The zero-order valence-corrected chi connectivity index (χ0v) is 15.4. The number of rotatable bonds is 4. The number of halogens is 2. The van der Waals surface area contributed by atoms with Gasteiger partial charge in [0.15, 0.2) is 0 Å². The maximum Gasteiger partial charge on any atom is 0.254 e. The molecule has 0 aliphatic heterocycles. The second-order valence-corrected chi connectivity index (χ2v) is 7.17. The first-order valence-corrected chi connectivity index (χ1v) is 9.34. The second-order valence-electron chi connectivity index (χ2n) is 6.73. The predicted octanol–water partition coefficient (Wildman–Crippen LogP) is 4.53. The third-order valence-electron chi connectivity index (χ3n) is 4.92. The average Bonchev–Trinajstić information content (AvgIpc) is 3.06. The number of carbonyl (C=O) groups excluding carboxylic acids is 1. The number of fused-ring (bicyclic) bond motifs is 1. The fraction of sp³-hybridized carbons (Fsp3) is 0.238. The maximum absolute atomic E-state index is 14.0. The van der Waals surface area contributed by atoms with Crippen LogP contribution in [0.4, 0.5) is 4.39 Å². The van der Waals surface area contributed by atoms with Crippen LogP contribution in [0.1, 0.15) is 46.1 Å². The van der Waals surface area contributed by atoms with Crippen LogP contribution in [0.5, 0.6) is 0 Å². The molecule has 0 bridgehead atoms. The molecular formula is C21H19ClFN3O. The predicted molar refractivity (Wildman–Crippen MR) is 102 cm³/mol. The van der Waals surface area contributed by atoms with Crippen LogP contribution in [-0.2, 0) is 13.0 Å². The summed E-state index contributed by atoms with van der Waals surface area (Å²) in [6, 6.07) is 14.1. The molecule has 1 heterocycles. The van der Waals surface area contributed by atoms with Gasteiger partial charge in [-0.25, -0.2) is 4.39 Å². The summed E-state index contributed by atoms with van der Waals surface area (Å²) >= 11 is 5.77. The molecule has 27 heavy (non-hydrogen) atoms. The van der Waals surface area contributed by atoms with Gasteiger partial charge in [0.2, 0.25) is 0 Å². The molecular weight excluding hydrogens is 365 g/mol. The van der Waals surface area contributed by atoms with Crippen LogP contribution in [0, 0.1) is 5.82 Å². The molecule has 1 unspecified atom stereocenters. The highest BCUT2D eigenvalue weighted by Gasteiger charge is 2.26. The summed E-state index contributed by atoms with van der Waals surface area (Å²) in [5.41, 5.74) is 3.33. The molecule has 1 amide bonds. The van der Waals surface area contributed by atoms with Gasteiger partial charge >= 0.3 is 0 Å². The minimum Gasteiger partial charge on any atom is -0.345 e. The molecule has 0 saturated carbocycles. The highest BCUT2D eigenvalue weighted by atomic mass is 35.5. The van der Waals surface area contributed by atoms with E-state index in [4.69, 9.17) is 11.6 Å². The molecule has 0 saturated heterocycles. The van der Waals surface area contributed by atoms with E-state index in [1.807, 2.05) is 29.1 Å². The van der Waals surface area contributed by atoms with Gasteiger partial charge in [-0.15, -0.1) is 0 Å². The Morgan fingerprint density at radius 1 is 1.26 bits per heavy atom. The van der Waals surface area contributed by atoms with E-state index in [1.165, 1.54) is 17.7 Å². The van der Waals surface area contributed by atoms with Crippen LogP contribution in [-0.4, -0.2) is 15.7 Å². The van der Waals surface area contributed by atoms with E-state index in [-0.39, 0.29) is 16.6 Å². The average molecular weight is 384 g/mol. The third kappa shape index (κ3) is 3.74. The lowest BCUT2D eigenvalue weighted by Crippen LogP contribution is -2.31. The molecule has 1 N–H and O–H groups in total. The van der Waals surface area contributed by atoms with E-state index >= 15 is 0 Å². The number of hydrogen-bond acceptors (Lipinski definition) is 2. The molecule has 6 heteroatoms. The summed E-state index contributed by atoms with van der Waals surface area (Å²) in [4.78, 5) is 12.5. The number of nitrogens with one attached hydrogen (secondary N) is 1. The Balaban J connectivity index is 1.54. The first kappa shape index (κ1) is 17.7. The first-order valence-electron chi connectivity index (χ1n) is 8.96. The molecule has 1 atom stereocenters. The van der Waals surface area contributed by atoms with Gasteiger partial charge < -0.3 is 5.32 Å². The largest absolute Gasteiger partial charge is 0.345 e. The minimum absolute atomic E-state index is 0.00296. The van der Waals surface area contributed by atoms with Crippen molar-refractivity contribution in [1.29, 1.82) is 0 Å². The Kier molecular flexibility index (Phi) is 4.94. The third-order valence-corrected chi connectivity index (χ3v) is 5.15. The number of hydrogen-bond donors (Lipinski definition) is 1. The van der Waals surface area contributed by atoms with Crippen molar-refractivity contribution in [3.8, 4) is 0 Å². The summed E-state index contributed by atoms with van der Waals surface area (Å²) < 4.78 is 16.0. The van der Waals surface area contributed by atoms with Crippen LogP contribution in [0.3, 0.4) is 0 Å². The van der Waals surface area contributed by atoms with Crippen LogP contribution in [0.15, 0.2) is 54.7 Å². The molecule has 0 radical (unpaired) electrons. The van der Waals surface area contributed by atoms with Gasteiger partial charge in [-0.3, -0.25) is 9.48 Å². The lowest BCUT2D eigenvalue weighted by molar-refractivity contribution is 0.0928. The molecule has 3 aromatic rings. The summed E-state index contributed by atoms with van der Waals surface area (Å²) in [6.45, 7) is 0.697. The van der Waals surface area contributed by atoms with Gasteiger partial charge in [0.25, 0.3) is 5.91 Å². The van der Waals surface area contributed by atoms with Crippen molar-refractivity contribution in [2.45, 2.75) is 31.8 Å². The van der Waals surface area contributed by atoms with Crippen molar-refractivity contribution in [1.82, 2.24) is 15.1 Å². The Morgan fingerprint density at radius 3 is 2.85 bits per heavy atom. The van der Waals surface area contributed by atoms with Crippen LogP contribution in [0.2, 0.25) is 5.02 Å². The molecule has 0 fully saturated rings. The van der Waals surface area contributed by atoms with E-state index in [2.05, 4.69) is 22.5 Å². The lowest BCUT2D eigenvalue weighted by atomic mass is 9.92. The fourth-order valence-corrected chi connectivity index (χ4v) is 3.73. The fourth-order valence-electron chi connectivity index (χ4n) is 3.57. The van der Waals surface area contributed by atoms with Crippen molar-refractivity contribution in [3.05, 3.63) is 88.0 Å². The van der Waals surface area contributed by atoms with Crippen LogP contribution in [0.25, 0.3) is 0 Å². The zero-order chi connectivity index (χ0) is 18.8. The smallest absolute Gasteiger partial charge is 0.254 e. The maximum atomic E-state index is 14.0. The Morgan fingerprint density at radius 2 is 2.07 bits per heavy atom. The van der Waals surface area contributed by atoms with Crippen molar-refractivity contribution in [3.63, 3.8) is 0 Å². The quantitative estimate of drug-likeness (QED) is 0.719. The van der Waals surface area contributed by atoms with E-state index in [9.17, 15) is 9.18 Å². The summed E-state index contributed by atoms with van der Waals surface area (Å²) in [5, 5.41) is 7.75. The standard InChI is InChI=1S/C21H19ClFN3O/c22-15-9-10-16(18(23)11-15)21(27)25-19-7-4-8-20-17(19)12-24-26(20)13-14-5-2-1-3-6-14/h1-3,5-6,9-12,19H,4,7-8,13H2,(H,25,27). The number of benzene rings is 2. The molecule has 1 aliphatic carbocycles. The number of carbonyl (C=O) groups is 1. The molecule has 1 aromatic heterocycles. The van der Waals surface area contributed by atoms with Gasteiger partial charge in [0.05, 0.1) is 24.3 Å². The monoisotopic (exact) mass is 383 g/mol. The number of aromatic nitrogens is 2. The zero-order valence-electron chi connectivity index (χ0n) is 14.7. The Hall–Kier alpha value is -2.66. The topological polar surface area (TPSA) is 46.9 Å². The molecule has 4 rings (SSSR count). The highest BCUT2D eigenvalue weighted by Crippen LogP contribution is 2.30. The summed E-state index contributed by atoms with van der Waals surface area (Å²) in [7, 11) is 0. The van der Waals surface area contributed by atoms with Crippen molar-refractivity contribution < 1.29 is 9.18 Å². The highest BCUT2D eigenvalue weighted by molar-refractivity contribution is 6.30. The SMILES string of the molecule is O=C(NC1CCCc2c1cnn2Cc1ccccc1)c1ccc(Cl)cc1F. The van der Waals surface area contributed by atoms with Crippen molar-refractivity contribution in [2.24, 2.45) is 0 Å². The molecule has 4 nitrogen and oxygen atoms in total. The van der Waals surface area contributed by atoms with Gasteiger partial charge in [0.1, 0.15) is 5.82 Å². The van der Waals surface area contributed by atoms with E-state index in [0.29, 0.717) is 6.54 Å². The van der Waals surface area contributed by atoms with Crippen LogP contribution < -0.4 is 5.32 Å². The van der Waals surface area contributed by atoms with Gasteiger partial charge in [-0.2, -0.15) is 5.10 Å². The summed E-state index contributed by atoms with van der Waals surface area (Å²) in [6.07, 6.45) is 4.50. The minimum atomic E-state index is -0.615. The van der Waals surface area contributed by atoms with Gasteiger partial charge in [-0.05, 0) is 43.0 Å². The molecule has 0 spiro atoms. The summed E-state index contributed by atoms with van der Waals surface area (Å²) in [5.74, 6) is -1.05. The second kappa shape index (κ2) is 7.53. The molecule has 1 aliphatic rings. The Labute approximate surface area is 162 Å². The van der Waals surface area contributed by atoms with E-state index in [1.54, 1.807) is 0 Å². The number of nitrogens with zero attached hydrogens (tertiary/aromatic N) is 2. The van der Waals surface area contributed by atoms with Gasteiger partial charge in [0, 0.05) is 16.3 Å². The van der Waals surface area contributed by atoms with E-state index < -0.39 is 11.7 Å². The number of amides is 1. The van der Waals surface area contributed by atoms with Crippen molar-refractivity contribution in [2.75, 3.05) is 0 Å². The van der Waals surface area contributed by atoms with Crippen molar-refractivity contribution >= 4 is 17.5 Å². The Bertz CT molecular complexity index is 971. The molecule has 138 valence electrons.